The van der Waals surface area contributed by atoms with Gasteiger partial charge in [0.15, 0.2) is 0 Å². The predicted molar refractivity (Wildman–Crippen MR) is 120 cm³/mol. The molecule has 1 aliphatic heterocycles. The van der Waals surface area contributed by atoms with Gasteiger partial charge < -0.3 is 10.2 Å². The van der Waals surface area contributed by atoms with Crippen LogP contribution in [-0.4, -0.2) is 51.4 Å². The zero-order valence-electron chi connectivity index (χ0n) is 17.8. The summed E-state index contributed by atoms with van der Waals surface area (Å²) in [6.07, 6.45) is 1.40. The number of aryl methyl sites for hydroxylation is 1. The van der Waals surface area contributed by atoms with Crippen molar-refractivity contribution in [2.24, 2.45) is 5.92 Å². The molecule has 0 aromatic heterocycles. The molecule has 1 N–H and O–H groups in total. The van der Waals surface area contributed by atoms with E-state index in [1.54, 1.807) is 30.3 Å². The highest BCUT2D eigenvalue weighted by atomic mass is 32.2. The van der Waals surface area contributed by atoms with E-state index in [2.05, 4.69) is 36.2 Å². The van der Waals surface area contributed by atoms with Crippen LogP contribution in [0.1, 0.15) is 25.3 Å². The Morgan fingerprint density at radius 2 is 1.83 bits per heavy atom. The Kier molecular flexibility index (Phi) is 7.50. The van der Waals surface area contributed by atoms with Gasteiger partial charge in [0.1, 0.15) is 0 Å². The van der Waals surface area contributed by atoms with Crippen LogP contribution in [0, 0.1) is 12.8 Å². The number of sulfonamides is 1. The van der Waals surface area contributed by atoms with Crippen molar-refractivity contribution >= 4 is 21.6 Å². The van der Waals surface area contributed by atoms with Gasteiger partial charge in [-0.15, -0.1) is 0 Å². The zero-order chi connectivity index (χ0) is 21.6. The van der Waals surface area contributed by atoms with Crippen molar-refractivity contribution in [2.45, 2.75) is 31.6 Å². The lowest BCUT2D eigenvalue weighted by molar-refractivity contribution is -0.126. The van der Waals surface area contributed by atoms with Crippen molar-refractivity contribution in [1.29, 1.82) is 0 Å². The molecule has 2 aromatic carbocycles. The first-order chi connectivity index (χ1) is 14.4. The standard InChI is InChI=1S/C23H31N3O3S/c1-3-25(22-14-8-7-10-19(22)2)17-15-24-23(27)20-11-9-16-26(18-20)30(28,29)21-12-5-4-6-13-21/h4-8,10,12-14,20H,3,9,11,15-18H2,1-2H3,(H,24,27). The van der Waals surface area contributed by atoms with Crippen molar-refractivity contribution in [3.8, 4) is 0 Å². The van der Waals surface area contributed by atoms with Gasteiger partial charge in [0.2, 0.25) is 15.9 Å². The third-order valence-electron chi connectivity index (χ3n) is 5.65. The number of amides is 1. The fraction of sp³-hybridized carbons (Fsp3) is 0.435. The summed E-state index contributed by atoms with van der Waals surface area (Å²) in [7, 11) is -3.56. The van der Waals surface area contributed by atoms with Gasteiger partial charge in [0.05, 0.1) is 10.8 Å². The molecule has 3 rings (SSSR count). The lowest BCUT2D eigenvalue weighted by atomic mass is 9.99. The average Bonchev–Trinajstić information content (AvgIpc) is 2.78. The Hall–Kier alpha value is -2.38. The van der Waals surface area contributed by atoms with Gasteiger partial charge in [0, 0.05) is 38.4 Å². The quantitative estimate of drug-likeness (QED) is 0.700. The summed E-state index contributed by atoms with van der Waals surface area (Å²) in [5.41, 5.74) is 2.38. The molecular formula is C23H31N3O3S. The van der Waals surface area contributed by atoms with E-state index in [0.717, 1.165) is 6.54 Å². The van der Waals surface area contributed by atoms with Gasteiger partial charge in [-0.3, -0.25) is 4.79 Å². The highest BCUT2D eigenvalue weighted by Crippen LogP contribution is 2.24. The second-order valence-electron chi connectivity index (χ2n) is 7.67. The number of hydrogen-bond donors (Lipinski definition) is 1. The molecule has 1 fully saturated rings. The van der Waals surface area contributed by atoms with E-state index in [4.69, 9.17) is 0 Å². The van der Waals surface area contributed by atoms with Gasteiger partial charge in [-0.25, -0.2) is 8.42 Å². The third-order valence-corrected chi connectivity index (χ3v) is 7.53. The maximum atomic E-state index is 12.9. The first-order valence-corrected chi connectivity index (χ1v) is 12.0. The highest BCUT2D eigenvalue weighted by Gasteiger charge is 2.33. The summed E-state index contributed by atoms with van der Waals surface area (Å²) in [6.45, 7) is 6.97. The molecule has 1 saturated heterocycles. The molecule has 0 spiro atoms. The first kappa shape index (κ1) is 22.3. The number of rotatable bonds is 8. The number of nitrogens with one attached hydrogen (secondary N) is 1. The monoisotopic (exact) mass is 429 g/mol. The molecular weight excluding hydrogens is 398 g/mol. The lowest BCUT2D eigenvalue weighted by Gasteiger charge is -2.31. The number of para-hydroxylation sites is 1. The van der Waals surface area contributed by atoms with Crippen LogP contribution in [0.4, 0.5) is 5.69 Å². The molecule has 0 radical (unpaired) electrons. The van der Waals surface area contributed by atoms with Crippen molar-refractivity contribution in [3.63, 3.8) is 0 Å². The van der Waals surface area contributed by atoms with E-state index in [9.17, 15) is 13.2 Å². The number of benzene rings is 2. The van der Waals surface area contributed by atoms with Crippen LogP contribution in [0.5, 0.6) is 0 Å². The van der Waals surface area contributed by atoms with Crippen LogP contribution in [-0.2, 0) is 14.8 Å². The summed E-state index contributed by atoms with van der Waals surface area (Å²) in [5.74, 6) is -0.380. The molecule has 30 heavy (non-hydrogen) atoms. The van der Waals surface area contributed by atoms with E-state index >= 15 is 0 Å². The topological polar surface area (TPSA) is 69.7 Å². The van der Waals surface area contributed by atoms with Crippen LogP contribution >= 0.6 is 0 Å². The van der Waals surface area contributed by atoms with Crippen molar-refractivity contribution < 1.29 is 13.2 Å². The molecule has 0 saturated carbocycles. The maximum absolute atomic E-state index is 12.9. The van der Waals surface area contributed by atoms with Gasteiger partial charge in [-0.1, -0.05) is 36.4 Å². The Bertz CT molecular complexity index is 947. The third kappa shape index (κ3) is 5.21. The Balaban J connectivity index is 1.56. The van der Waals surface area contributed by atoms with Crippen LogP contribution in [0.25, 0.3) is 0 Å². The Morgan fingerprint density at radius 3 is 2.53 bits per heavy atom. The molecule has 1 heterocycles. The Morgan fingerprint density at radius 1 is 1.13 bits per heavy atom. The predicted octanol–water partition coefficient (Wildman–Crippen LogP) is 3.04. The fourth-order valence-corrected chi connectivity index (χ4v) is 5.49. The SMILES string of the molecule is CCN(CCNC(=O)C1CCCN(S(=O)(=O)c2ccccc2)C1)c1ccccc1C. The number of nitrogens with zero attached hydrogens (tertiary/aromatic N) is 2. The number of carbonyl (C=O) groups is 1. The van der Waals surface area contributed by atoms with E-state index in [1.807, 2.05) is 12.1 Å². The van der Waals surface area contributed by atoms with Gasteiger partial charge in [0.25, 0.3) is 0 Å². The van der Waals surface area contributed by atoms with Gasteiger partial charge in [-0.2, -0.15) is 4.31 Å². The molecule has 7 heteroatoms. The summed E-state index contributed by atoms with van der Waals surface area (Å²) in [4.78, 5) is 15.2. The van der Waals surface area contributed by atoms with Crippen LogP contribution in [0.2, 0.25) is 0 Å². The summed E-state index contributed by atoms with van der Waals surface area (Å²) in [5, 5.41) is 3.02. The number of carbonyl (C=O) groups excluding carboxylic acids is 1. The minimum Gasteiger partial charge on any atom is -0.370 e. The number of piperidine rings is 1. The second kappa shape index (κ2) is 10.1. The molecule has 0 bridgehead atoms. The highest BCUT2D eigenvalue weighted by molar-refractivity contribution is 7.89. The Labute approximate surface area is 179 Å². The first-order valence-electron chi connectivity index (χ1n) is 10.6. The number of hydrogen-bond acceptors (Lipinski definition) is 4. The number of anilines is 1. The van der Waals surface area contributed by atoms with Crippen molar-refractivity contribution in [3.05, 3.63) is 60.2 Å². The molecule has 2 aromatic rings. The maximum Gasteiger partial charge on any atom is 0.243 e. The van der Waals surface area contributed by atoms with Gasteiger partial charge >= 0.3 is 0 Å². The fourth-order valence-electron chi connectivity index (χ4n) is 3.94. The van der Waals surface area contributed by atoms with Crippen molar-refractivity contribution in [2.75, 3.05) is 37.6 Å². The minimum atomic E-state index is -3.56. The van der Waals surface area contributed by atoms with Gasteiger partial charge in [-0.05, 0) is 50.5 Å². The summed E-state index contributed by atoms with van der Waals surface area (Å²) < 4.78 is 27.2. The van der Waals surface area contributed by atoms with E-state index in [-0.39, 0.29) is 23.3 Å². The zero-order valence-corrected chi connectivity index (χ0v) is 18.6. The molecule has 1 unspecified atom stereocenters. The van der Waals surface area contributed by atoms with Crippen LogP contribution < -0.4 is 10.2 Å². The molecule has 1 aliphatic rings. The van der Waals surface area contributed by atoms with E-state index < -0.39 is 10.0 Å². The van der Waals surface area contributed by atoms with Crippen molar-refractivity contribution in [1.82, 2.24) is 9.62 Å². The van der Waals surface area contributed by atoms with E-state index in [1.165, 1.54) is 15.6 Å². The second-order valence-corrected chi connectivity index (χ2v) is 9.61. The molecule has 1 amide bonds. The van der Waals surface area contributed by atoms with Crippen LogP contribution in [0.3, 0.4) is 0 Å². The van der Waals surface area contributed by atoms with E-state index in [0.29, 0.717) is 32.5 Å². The minimum absolute atomic E-state index is 0.0659. The summed E-state index contributed by atoms with van der Waals surface area (Å²) in [6, 6.07) is 16.6. The lowest BCUT2D eigenvalue weighted by Crippen LogP contribution is -2.46. The molecule has 0 aliphatic carbocycles. The van der Waals surface area contributed by atoms with Crippen LogP contribution in [0.15, 0.2) is 59.5 Å². The molecule has 6 nitrogen and oxygen atoms in total. The summed E-state index contributed by atoms with van der Waals surface area (Å²) >= 11 is 0. The molecule has 162 valence electrons. The smallest absolute Gasteiger partial charge is 0.243 e. The average molecular weight is 430 g/mol. The molecule has 1 atom stereocenters. The normalized spacial score (nSPS) is 17.5. The largest absolute Gasteiger partial charge is 0.370 e. The number of likely N-dealkylation sites (N-methyl/N-ethyl adjacent to an activating group) is 1.